The van der Waals surface area contributed by atoms with E-state index < -0.39 is 0 Å². The molecule has 1 aliphatic carbocycles. The van der Waals surface area contributed by atoms with E-state index in [0.717, 1.165) is 49.4 Å². The monoisotopic (exact) mass is 958 g/mol. The second-order valence-electron chi connectivity index (χ2n) is 16.8. The van der Waals surface area contributed by atoms with Gasteiger partial charge in [0.1, 0.15) is 6.54 Å². The predicted molar refractivity (Wildman–Crippen MR) is 251 cm³/mol. The van der Waals surface area contributed by atoms with Crippen molar-refractivity contribution >= 4 is 54.5 Å². The van der Waals surface area contributed by atoms with Crippen molar-refractivity contribution in [1.29, 1.82) is 0 Å². The number of hydrogen-bond donors (Lipinski definition) is 2. The smallest absolute Gasteiger partial charge is 0.224 e. The van der Waals surface area contributed by atoms with Gasteiger partial charge < -0.3 is 44.0 Å². The van der Waals surface area contributed by atoms with Crippen LogP contribution in [-0.2, 0) is 24.9 Å². The lowest BCUT2D eigenvalue weighted by molar-refractivity contribution is -0.433. The number of carbonyl (C=O) groups is 2. The van der Waals surface area contributed by atoms with Gasteiger partial charge in [-0.15, -0.1) is 0 Å². The largest absolute Gasteiger partial charge is 1.00 e. The van der Waals surface area contributed by atoms with Crippen LogP contribution in [-0.4, -0.2) is 61.7 Å². The fraction of sp³-hybridized carbons (Fsp3) is 0.420. The second kappa shape index (κ2) is 21.5. The highest BCUT2D eigenvalue weighted by atomic mass is 127. The number of carbonyl (C=O) groups excluding carboxylic acids is 2. The summed E-state index contributed by atoms with van der Waals surface area (Å²) in [5.41, 5.74) is 11.3. The van der Waals surface area contributed by atoms with Crippen LogP contribution in [0, 0.1) is 0 Å². The SMILES string of the molecule is CCN1C(=CC=C2CCCC(C=CC3=[N+](CC)c4ccccc4C3(C)C)=C2Sc2ccc(NC(=O)CCCC(=O)NCCCOP(C)C)cc2)C(C)(C)c2ccccc21.[I-]. The normalized spacial score (nSPS) is 18.1. The molecular weight excluding hydrogens is 895 g/mol. The molecular formula is C50H64IN4O3PS. The predicted octanol–water partition coefficient (Wildman–Crippen LogP) is 8.79. The third kappa shape index (κ3) is 11.1. The Morgan fingerprint density at radius 1 is 0.850 bits per heavy atom. The molecule has 60 heavy (non-hydrogen) atoms. The first-order valence-corrected chi connectivity index (χ1v) is 24.4. The summed E-state index contributed by atoms with van der Waals surface area (Å²) in [5, 5.41) is 5.97. The van der Waals surface area contributed by atoms with Crippen molar-refractivity contribution in [1.82, 2.24) is 5.32 Å². The summed E-state index contributed by atoms with van der Waals surface area (Å²) in [7, 11) is -0.379. The van der Waals surface area contributed by atoms with E-state index in [-0.39, 0.29) is 54.8 Å². The molecule has 2 aliphatic heterocycles. The highest BCUT2D eigenvalue weighted by Crippen LogP contribution is 2.48. The molecule has 2 amide bonds. The van der Waals surface area contributed by atoms with E-state index in [2.05, 4.69) is 160 Å². The van der Waals surface area contributed by atoms with Gasteiger partial charge in [0, 0.05) is 84.1 Å². The van der Waals surface area contributed by atoms with Gasteiger partial charge in [0.05, 0.1) is 12.0 Å². The highest BCUT2D eigenvalue weighted by Gasteiger charge is 2.43. The number of rotatable bonds is 17. The maximum Gasteiger partial charge on any atom is 0.224 e. The number of fused-ring (bicyclic) bond motifs is 2. The van der Waals surface area contributed by atoms with Crippen LogP contribution in [0.2, 0.25) is 0 Å². The van der Waals surface area contributed by atoms with Gasteiger partial charge in [0.2, 0.25) is 17.5 Å². The van der Waals surface area contributed by atoms with Gasteiger partial charge in [0.15, 0.2) is 5.71 Å². The molecule has 2 N–H and O–H groups in total. The maximum absolute atomic E-state index is 12.8. The summed E-state index contributed by atoms with van der Waals surface area (Å²) < 4.78 is 8.06. The third-order valence-electron chi connectivity index (χ3n) is 11.7. The Morgan fingerprint density at radius 3 is 2.27 bits per heavy atom. The molecule has 0 aromatic heterocycles. The summed E-state index contributed by atoms with van der Waals surface area (Å²) in [6, 6.07) is 25.8. The van der Waals surface area contributed by atoms with Gasteiger partial charge in [-0.2, -0.15) is 4.58 Å². The average molecular weight is 959 g/mol. The van der Waals surface area contributed by atoms with Crippen LogP contribution in [0.3, 0.4) is 0 Å². The van der Waals surface area contributed by atoms with Crippen molar-refractivity contribution in [2.45, 2.75) is 102 Å². The Balaban J connectivity index is 0.00000683. The molecule has 0 unspecified atom stereocenters. The quantitative estimate of drug-likeness (QED) is 0.0613. The Labute approximate surface area is 382 Å². The zero-order valence-corrected chi connectivity index (χ0v) is 40.7. The van der Waals surface area contributed by atoms with Crippen molar-refractivity contribution in [2.24, 2.45) is 0 Å². The molecule has 7 nitrogen and oxygen atoms in total. The summed E-state index contributed by atoms with van der Waals surface area (Å²) in [6.07, 6.45) is 14.6. The Morgan fingerprint density at radius 2 is 1.55 bits per heavy atom. The van der Waals surface area contributed by atoms with E-state index in [0.29, 0.717) is 32.4 Å². The molecule has 320 valence electrons. The molecule has 10 heteroatoms. The van der Waals surface area contributed by atoms with Gasteiger partial charge in [-0.05, 0) is 126 Å². The number of nitrogens with one attached hydrogen (secondary N) is 2. The minimum absolute atomic E-state index is 0. The molecule has 2 heterocycles. The van der Waals surface area contributed by atoms with Crippen LogP contribution in [0.25, 0.3) is 0 Å². The van der Waals surface area contributed by atoms with E-state index in [1.165, 1.54) is 50.0 Å². The molecule has 0 saturated carbocycles. The van der Waals surface area contributed by atoms with Crippen molar-refractivity contribution in [3.63, 3.8) is 0 Å². The maximum atomic E-state index is 12.8. The molecule has 0 saturated heterocycles. The number of hydrogen-bond acceptors (Lipinski definition) is 5. The number of benzene rings is 3. The second-order valence-corrected chi connectivity index (χ2v) is 19.8. The number of para-hydroxylation sites is 2. The topological polar surface area (TPSA) is 73.7 Å². The van der Waals surface area contributed by atoms with Crippen LogP contribution in [0.5, 0.6) is 0 Å². The van der Waals surface area contributed by atoms with Crippen molar-refractivity contribution in [2.75, 3.05) is 49.8 Å². The number of nitrogens with zero attached hydrogens (tertiary/aromatic N) is 2. The van der Waals surface area contributed by atoms with E-state index in [9.17, 15) is 9.59 Å². The van der Waals surface area contributed by atoms with E-state index >= 15 is 0 Å². The number of halogens is 1. The first-order valence-electron chi connectivity index (χ1n) is 21.4. The van der Waals surface area contributed by atoms with Crippen molar-refractivity contribution in [3.8, 4) is 0 Å². The van der Waals surface area contributed by atoms with Gasteiger partial charge in [-0.1, -0.05) is 74.2 Å². The number of amides is 2. The van der Waals surface area contributed by atoms with Gasteiger partial charge in [-0.3, -0.25) is 9.59 Å². The summed E-state index contributed by atoms with van der Waals surface area (Å²) >= 11 is 1.82. The number of allylic oxidation sites excluding steroid dienone is 7. The van der Waals surface area contributed by atoms with Crippen LogP contribution in [0.1, 0.15) is 97.6 Å². The first kappa shape index (κ1) is 47.5. The van der Waals surface area contributed by atoms with Crippen LogP contribution < -0.4 is 39.5 Å². The van der Waals surface area contributed by atoms with Crippen LogP contribution in [0.15, 0.2) is 124 Å². The third-order valence-corrected chi connectivity index (χ3v) is 13.7. The van der Waals surface area contributed by atoms with Crippen LogP contribution >= 0.6 is 19.9 Å². The zero-order valence-electron chi connectivity index (χ0n) is 36.9. The number of likely N-dealkylation sites (N-methyl/N-ethyl adjacent to an activating group) is 1. The lowest BCUT2D eigenvalue weighted by Crippen LogP contribution is -3.00. The molecule has 0 spiro atoms. The standard InChI is InChI=1S/C50H63N4O3PS.HI/c1-9-53-42-22-13-11-20-40(42)49(3,4)44(53)32-26-36-18-15-19-37(27-33-45-50(5,6)41-21-12-14-23-43(41)54(45)10-2)48(36)59-39-30-28-38(29-31-39)52-47(56)25-16-24-46(55)51-34-17-35-57-58(7)8;/h11-14,20-23,26-33H,9-10,15-19,24-25,34-35H2,1-8H3,(H-,51,52,55,56);1H. The van der Waals surface area contributed by atoms with Crippen molar-refractivity contribution < 1.29 is 42.7 Å². The molecule has 3 aliphatic rings. The summed E-state index contributed by atoms with van der Waals surface area (Å²) in [5.74, 6) is -0.108. The lowest BCUT2D eigenvalue weighted by atomic mass is 9.81. The molecule has 3 aromatic rings. The first-order chi connectivity index (χ1) is 28.3. The Bertz CT molecular complexity index is 2170. The molecule has 0 radical (unpaired) electrons. The summed E-state index contributed by atoms with van der Waals surface area (Å²) in [6.45, 7) is 21.1. The minimum atomic E-state index is -0.379. The molecule has 0 fully saturated rings. The van der Waals surface area contributed by atoms with Crippen molar-refractivity contribution in [3.05, 3.63) is 130 Å². The Hall–Kier alpha value is -3.50. The zero-order chi connectivity index (χ0) is 42.2. The fourth-order valence-electron chi connectivity index (χ4n) is 8.67. The number of thioether (sulfide) groups is 1. The molecule has 0 atom stereocenters. The molecule has 0 bridgehead atoms. The van der Waals surface area contributed by atoms with Gasteiger partial charge >= 0.3 is 0 Å². The highest BCUT2D eigenvalue weighted by molar-refractivity contribution is 8.03. The average Bonchev–Trinajstić information content (AvgIpc) is 3.58. The van der Waals surface area contributed by atoms with E-state index in [4.69, 9.17) is 4.52 Å². The van der Waals surface area contributed by atoms with Gasteiger partial charge in [0.25, 0.3) is 0 Å². The van der Waals surface area contributed by atoms with Gasteiger partial charge in [-0.25, -0.2) is 0 Å². The van der Waals surface area contributed by atoms with E-state index in [1.807, 2.05) is 23.9 Å². The van der Waals surface area contributed by atoms with Crippen LogP contribution in [0.4, 0.5) is 17.1 Å². The lowest BCUT2D eigenvalue weighted by Gasteiger charge is -2.26. The Kier molecular flexibility index (Phi) is 17.1. The molecule has 3 aromatic carbocycles. The molecule has 6 rings (SSSR count). The van der Waals surface area contributed by atoms with E-state index in [1.54, 1.807) is 0 Å². The summed E-state index contributed by atoms with van der Waals surface area (Å²) in [4.78, 5) is 30.0. The minimum Gasteiger partial charge on any atom is -1.00 e. The number of anilines is 2. The fourth-order valence-corrected chi connectivity index (χ4v) is 10.3.